The van der Waals surface area contributed by atoms with Gasteiger partial charge in [0.2, 0.25) is 15.9 Å². The Kier molecular flexibility index (Phi) is 7.43. The van der Waals surface area contributed by atoms with E-state index in [0.717, 1.165) is 30.1 Å². The molecule has 190 valence electrons. The maximum Gasteiger partial charge on any atom is 0.243 e. The van der Waals surface area contributed by atoms with Crippen molar-refractivity contribution in [1.29, 1.82) is 0 Å². The highest BCUT2D eigenvalue weighted by molar-refractivity contribution is 7.89. The van der Waals surface area contributed by atoms with Crippen LogP contribution in [0.15, 0.2) is 53.4 Å². The largest absolute Gasteiger partial charge is 0.497 e. The fourth-order valence-electron chi connectivity index (χ4n) is 4.86. The summed E-state index contributed by atoms with van der Waals surface area (Å²) < 4.78 is 33.1. The molecular formula is C27H37N3O4S. The van der Waals surface area contributed by atoms with E-state index in [1.165, 1.54) is 4.31 Å². The first kappa shape index (κ1) is 25.5. The number of carbonyl (C=O) groups excluding carboxylic acids is 1. The minimum atomic E-state index is -3.55. The third kappa shape index (κ3) is 5.64. The molecule has 0 aliphatic carbocycles. The second-order valence-electron chi connectivity index (χ2n) is 10.5. The van der Waals surface area contributed by atoms with E-state index in [1.807, 2.05) is 41.3 Å². The molecular weight excluding hydrogens is 462 g/mol. The molecule has 2 aliphatic rings. The Labute approximate surface area is 209 Å². The lowest BCUT2D eigenvalue weighted by Crippen LogP contribution is -2.52. The first-order valence-electron chi connectivity index (χ1n) is 12.4. The molecule has 2 heterocycles. The summed E-state index contributed by atoms with van der Waals surface area (Å²) >= 11 is 0. The molecule has 4 rings (SSSR count). The number of amides is 1. The van der Waals surface area contributed by atoms with Gasteiger partial charge in [-0.15, -0.1) is 0 Å². The van der Waals surface area contributed by atoms with E-state index in [2.05, 4.69) is 25.7 Å². The number of carbonyl (C=O) groups is 1. The lowest BCUT2D eigenvalue weighted by atomic mass is 9.87. The van der Waals surface area contributed by atoms with E-state index in [9.17, 15) is 13.2 Å². The van der Waals surface area contributed by atoms with Gasteiger partial charge in [-0.2, -0.15) is 4.31 Å². The highest BCUT2D eigenvalue weighted by Gasteiger charge is 2.34. The van der Waals surface area contributed by atoms with Gasteiger partial charge in [0.1, 0.15) is 5.75 Å². The van der Waals surface area contributed by atoms with Gasteiger partial charge in [-0.25, -0.2) is 8.42 Å². The maximum atomic E-state index is 13.2. The summed E-state index contributed by atoms with van der Waals surface area (Å²) in [5.74, 6) is 0.876. The van der Waals surface area contributed by atoms with Crippen molar-refractivity contribution in [2.75, 3.05) is 51.3 Å². The normalized spacial score (nSPS) is 18.5. The van der Waals surface area contributed by atoms with Crippen molar-refractivity contribution in [3.8, 4) is 5.75 Å². The van der Waals surface area contributed by atoms with Gasteiger partial charge in [0.25, 0.3) is 0 Å². The number of anilines is 1. The number of sulfonamides is 1. The van der Waals surface area contributed by atoms with Crippen molar-refractivity contribution < 1.29 is 17.9 Å². The molecule has 0 saturated carbocycles. The monoisotopic (exact) mass is 499 g/mol. The van der Waals surface area contributed by atoms with Crippen LogP contribution in [0.5, 0.6) is 5.75 Å². The van der Waals surface area contributed by atoms with Crippen molar-refractivity contribution in [3.63, 3.8) is 0 Å². The smallest absolute Gasteiger partial charge is 0.243 e. The molecule has 2 aromatic carbocycles. The molecule has 2 saturated heterocycles. The number of hydrogen-bond donors (Lipinski definition) is 0. The summed E-state index contributed by atoms with van der Waals surface area (Å²) in [6.45, 7) is 10.0. The lowest BCUT2D eigenvalue weighted by molar-refractivity contribution is -0.137. The SMILES string of the molecule is COc1ccc(N2CCN(C(=O)C3CCN(S(=O)(=O)c4ccc(C(C)(C)C)cc4)CC3)CC2)cc1. The second kappa shape index (κ2) is 10.2. The van der Waals surface area contributed by atoms with E-state index in [1.54, 1.807) is 19.2 Å². The summed E-state index contributed by atoms with van der Waals surface area (Å²) in [6, 6.07) is 15.2. The fourth-order valence-corrected chi connectivity index (χ4v) is 6.33. The molecule has 1 amide bonds. The minimum Gasteiger partial charge on any atom is -0.497 e. The summed E-state index contributed by atoms with van der Waals surface area (Å²) in [4.78, 5) is 17.7. The Bertz CT molecular complexity index is 1110. The molecule has 0 aromatic heterocycles. The van der Waals surface area contributed by atoms with Gasteiger partial charge in [-0.05, 0) is 60.2 Å². The van der Waals surface area contributed by atoms with Gasteiger partial charge >= 0.3 is 0 Å². The lowest BCUT2D eigenvalue weighted by Gasteiger charge is -2.39. The van der Waals surface area contributed by atoms with Gasteiger partial charge < -0.3 is 14.5 Å². The number of hydrogen-bond acceptors (Lipinski definition) is 5. The predicted molar refractivity (Wildman–Crippen MR) is 138 cm³/mol. The standard InChI is InChI=1S/C27H37N3O4S/c1-27(2,3)22-5-11-25(12-6-22)35(32,33)30-15-13-21(14-16-30)26(31)29-19-17-28(18-20-29)23-7-9-24(34-4)10-8-23/h5-12,21H,13-20H2,1-4H3. The highest BCUT2D eigenvalue weighted by Crippen LogP contribution is 2.28. The van der Waals surface area contributed by atoms with Crippen LogP contribution in [0.3, 0.4) is 0 Å². The average molecular weight is 500 g/mol. The van der Waals surface area contributed by atoms with Crippen LogP contribution in [-0.2, 0) is 20.2 Å². The number of ether oxygens (including phenoxy) is 1. The Morgan fingerprint density at radius 1 is 0.857 bits per heavy atom. The average Bonchev–Trinajstić information content (AvgIpc) is 2.88. The summed E-state index contributed by atoms with van der Waals surface area (Å²) in [6.07, 6.45) is 1.13. The Morgan fingerprint density at radius 3 is 1.94 bits per heavy atom. The zero-order valence-corrected chi connectivity index (χ0v) is 22.1. The zero-order valence-electron chi connectivity index (χ0n) is 21.2. The zero-order chi connectivity index (χ0) is 25.2. The number of piperazine rings is 1. The van der Waals surface area contributed by atoms with Crippen LogP contribution in [0.25, 0.3) is 0 Å². The molecule has 0 radical (unpaired) electrons. The summed E-state index contributed by atoms with van der Waals surface area (Å²) in [7, 11) is -1.89. The van der Waals surface area contributed by atoms with Gasteiger partial charge in [0.15, 0.2) is 0 Å². The molecule has 2 fully saturated rings. The van der Waals surface area contributed by atoms with Crippen LogP contribution in [0, 0.1) is 5.92 Å². The summed E-state index contributed by atoms with van der Waals surface area (Å²) in [5, 5.41) is 0. The van der Waals surface area contributed by atoms with Crippen LogP contribution in [-0.4, -0.2) is 69.9 Å². The van der Waals surface area contributed by atoms with Crippen LogP contribution in [0.2, 0.25) is 0 Å². The van der Waals surface area contributed by atoms with E-state index < -0.39 is 10.0 Å². The van der Waals surface area contributed by atoms with E-state index in [4.69, 9.17) is 4.74 Å². The van der Waals surface area contributed by atoms with Crippen molar-refractivity contribution in [2.24, 2.45) is 5.92 Å². The molecule has 0 unspecified atom stereocenters. The molecule has 0 spiro atoms. The first-order chi connectivity index (χ1) is 16.6. The molecule has 35 heavy (non-hydrogen) atoms. The highest BCUT2D eigenvalue weighted by atomic mass is 32.2. The predicted octanol–water partition coefficient (Wildman–Crippen LogP) is 3.74. The fraction of sp³-hybridized carbons (Fsp3) is 0.519. The molecule has 2 aromatic rings. The topological polar surface area (TPSA) is 70.2 Å². The number of piperidine rings is 1. The van der Waals surface area contributed by atoms with E-state index >= 15 is 0 Å². The van der Waals surface area contributed by atoms with Gasteiger partial charge in [0, 0.05) is 50.9 Å². The van der Waals surface area contributed by atoms with Gasteiger partial charge in [-0.3, -0.25) is 4.79 Å². The Hall–Kier alpha value is -2.58. The van der Waals surface area contributed by atoms with E-state index in [0.29, 0.717) is 43.9 Å². The number of benzene rings is 2. The maximum absolute atomic E-state index is 13.2. The third-order valence-corrected chi connectivity index (χ3v) is 9.10. The third-order valence-electron chi connectivity index (χ3n) is 7.19. The van der Waals surface area contributed by atoms with Crippen molar-refractivity contribution in [1.82, 2.24) is 9.21 Å². The number of methoxy groups -OCH3 is 1. The van der Waals surface area contributed by atoms with Crippen LogP contribution < -0.4 is 9.64 Å². The van der Waals surface area contributed by atoms with Gasteiger partial charge in [0.05, 0.1) is 12.0 Å². The van der Waals surface area contributed by atoms with Crippen LogP contribution in [0.4, 0.5) is 5.69 Å². The quantitative estimate of drug-likeness (QED) is 0.627. The molecule has 0 bridgehead atoms. The van der Waals surface area contributed by atoms with Crippen molar-refractivity contribution >= 4 is 21.6 Å². The molecule has 0 N–H and O–H groups in total. The molecule has 8 heteroatoms. The molecule has 0 atom stereocenters. The number of nitrogens with zero attached hydrogens (tertiary/aromatic N) is 3. The van der Waals surface area contributed by atoms with Crippen molar-refractivity contribution in [2.45, 2.75) is 43.9 Å². The summed E-state index contributed by atoms with van der Waals surface area (Å²) in [5.41, 5.74) is 2.21. The minimum absolute atomic E-state index is 0.0267. The molecule has 2 aliphatic heterocycles. The van der Waals surface area contributed by atoms with Crippen LogP contribution in [0.1, 0.15) is 39.2 Å². The van der Waals surface area contributed by atoms with Crippen LogP contribution >= 0.6 is 0 Å². The first-order valence-corrected chi connectivity index (χ1v) is 13.8. The number of rotatable bonds is 5. The van der Waals surface area contributed by atoms with E-state index in [-0.39, 0.29) is 17.2 Å². The van der Waals surface area contributed by atoms with Crippen molar-refractivity contribution in [3.05, 3.63) is 54.1 Å². The Morgan fingerprint density at radius 2 is 1.43 bits per heavy atom. The second-order valence-corrected chi connectivity index (χ2v) is 12.4. The van der Waals surface area contributed by atoms with Gasteiger partial charge in [-0.1, -0.05) is 32.9 Å². The molecule has 7 nitrogen and oxygen atoms in total. The Balaban J connectivity index is 1.30.